The second-order valence-corrected chi connectivity index (χ2v) is 36.5. The molecule has 0 spiro atoms. The molecule has 1 aliphatic rings. The molecule has 0 bridgehead atoms. The Kier molecular flexibility index (Phi) is 10.7. The van der Waals surface area contributed by atoms with Gasteiger partial charge in [-0.25, -0.2) is 0 Å². The van der Waals surface area contributed by atoms with Crippen molar-refractivity contribution in [1.29, 1.82) is 0 Å². The Morgan fingerprint density at radius 2 is 0.562 bits per heavy atom. The van der Waals surface area contributed by atoms with Gasteiger partial charge in [0, 0.05) is 0 Å². The van der Waals surface area contributed by atoms with E-state index >= 15 is 0 Å². The van der Waals surface area contributed by atoms with E-state index in [0.717, 1.165) is 0 Å². The fourth-order valence-corrected chi connectivity index (χ4v) is 53.8. The second-order valence-electron chi connectivity index (χ2n) is 12.5. The third-order valence-electron chi connectivity index (χ3n) is 7.71. The fourth-order valence-electron chi connectivity index (χ4n) is 5.63. The van der Waals surface area contributed by atoms with E-state index in [-0.39, 0.29) is 0 Å². The van der Waals surface area contributed by atoms with Crippen molar-refractivity contribution in [1.82, 2.24) is 0 Å². The van der Waals surface area contributed by atoms with Gasteiger partial charge in [-0.3, -0.25) is 0 Å². The number of hydrogen-bond donors (Lipinski definition) is 0. The fraction of sp³-hybridized carbons (Fsp3) is 1.00. The molecule has 0 amide bonds. The summed E-state index contributed by atoms with van der Waals surface area (Å²) in [5.41, 5.74) is 3.64. The maximum Gasteiger partial charge on any atom is 0.324 e. The third-order valence-corrected chi connectivity index (χ3v) is 43.7. The first-order chi connectivity index (χ1) is 14.4. The van der Waals surface area contributed by atoms with Crippen LogP contribution in [0.3, 0.4) is 0 Å². The van der Waals surface area contributed by atoms with E-state index in [1.807, 2.05) is 0 Å². The summed E-state index contributed by atoms with van der Waals surface area (Å²) in [5, 5.41) is 0. The first-order valence-electron chi connectivity index (χ1n) is 13.2. The van der Waals surface area contributed by atoms with Gasteiger partial charge in [-0.05, 0) is 44.3 Å². The van der Waals surface area contributed by atoms with Gasteiger partial charge < -0.3 is 12.3 Å². The van der Waals surface area contributed by atoms with E-state index in [9.17, 15) is 0 Å². The molecule has 0 aromatic heterocycles. The minimum Gasteiger partial charge on any atom is -0.427 e. The molecule has 1 aliphatic heterocycles. The summed E-state index contributed by atoms with van der Waals surface area (Å²) in [4.78, 5) is 0. The van der Waals surface area contributed by atoms with Gasteiger partial charge in [-0.15, -0.1) is 10.7 Å². The first kappa shape index (κ1) is 31.1. The molecule has 1 heterocycles. The average molecular weight is 537 g/mol. The van der Waals surface area contributed by atoms with E-state index in [1.54, 1.807) is 0 Å². The van der Waals surface area contributed by atoms with Crippen molar-refractivity contribution in [2.45, 2.75) is 155 Å². The van der Waals surface area contributed by atoms with Crippen LogP contribution in [0, 0.1) is 0 Å². The molecule has 32 heavy (non-hydrogen) atoms. The van der Waals surface area contributed by atoms with Gasteiger partial charge in [0.15, 0.2) is 0 Å². The van der Waals surface area contributed by atoms with Crippen LogP contribution in [-0.2, 0) is 12.3 Å². The molecule has 0 aromatic carbocycles. The van der Waals surface area contributed by atoms with Gasteiger partial charge in [0.1, 0.15) is 0 Å². The highest BCUT2D eigenvalue weighted by Crippen LogP contribution is 2.60. The summed E-state index contributed by atoms with van der Waals surface area (Å²) >= 11 is 0. The zero-order valence-electron chi connectivity index (χ0n) is 24.3. The predicted molar refractivity (Wildman–Crippen MR) is 155 cm³/mol. The van der Waals surface area contributed by atoms with Gasteiger partial charge in [0.25, 0.3) is 0 Å². The molecule has 0 radical (unpaired) electrons. The molecule has 0 aromatic rings. The summed E-state index contributed by atoms with van der Waals surface area (Å²) in [7, 11) is -7.38. The lowest BCUT2D eigenvalue weighted by molar-refractivity contribution is 0.264. The third kappa shape index (κ3) is 5.27. The van der Waals surface area contributed by atoms with E-state index < -0.39 is 32.1 Å². The standard InChI is InChI=1S/C24H56O3SSi4/c1-17(2)29(18(3)4)25-30(19(5)6,20(7)8)27-32(23(13)14,24(15)16)28-31(26-29,21(9)10)22(11)12/h17-24H,1-16H3. The predicted octanol–water partition coefficient (Wildman–Crippen LogP) is 9.83. The molecule has 0 N–H and O–H groups in total. The lowest BCUT2D eigenvalue weighted by Gasteiger charge is -2.60. The highest BCUT2D eigenvalue weighted by Gasteiger charge is 2.67. The zero-order chi connectivity index (χ0) is 25.4. The van der Waals surface area contributed by atoms with Crippen LogP contribution in [0.1, 0.15) is 111 Å². The molecule has 0 atom stereocenters. The second kappa shape index (κ2) is 11.0. The number of hydrogen-bond acceptors (Lipinski definition) is 4. The molecule has 0 saturated carbocycles. The van der Waals surface area contributed by atoms with E-state index in [0.29, 0.717) is 44.3 Å². The lowest BCUT2D eigenvalue weighted by atomic mass is 10.5. The number of rotatable bonds is 8. The lowest BCUT2D eigenvalue weighted by Crippen LogP contribution is -2.71. The highest BCUT2D eigenvalue weighted by molar-refractivity contribution is 8.49. The SMILES string of the molecule is CC(C)[Si]1(C(C)C)O[Si](C(C)C)(C(C)C)O[Si](C(C)C)(C(C)C)S[Si](C(C)C)(C(C)C)O1. The normalized spacial score (nSPS) is 23.2. The summed E-state index contributed by atoms with van der Waals surface area (Å²) in [5.74, 6) is 0. The van der Waals surface area contributed by atoms with Crippen LogP contribution < -0.4 is 0 Å². The zero-order valence-corrected chi connectivity index (χ0v) is 29.1. The smallest absolute Gasteiger partial charge is 0.324 e. The van der Waals surface area contributed by atoms with Gasteiger partial charge in [-0.2, -0.15) is 0 Å². The van der Waals surface area contributed by atoms with Gasteiger partial charge in [0.2, 0.25) is 14.9 Å². The topological polar surface area (TPSA) is 27.7 Å². The molecular formula is C24H56O3SSi4. The van der Waals surface area contributed by atoms with Crippen molar-refractivity contribution in [3.63, 3.8) is 0 Å². The van der Waals surface area contributed by atoms with E-state index in [4.69, 9.17) is 12.3 Å². The molecule has 1 saturated heterocycles. The van der Waals surface area contributed by atoms with Gasteiger partial charge in [-0.1, -0.05) is 111 Å². The maximum atomic E-state index is 7.83. The Balaban J connectivity index is 4.11. The monoisotopic (exact) mass is 536 g/mol. The highest BCUT2D eigenvalue weighted by atomic mass is 32.5. The molecule has 192 valence electrons. The minimum absolute atomic E-state index is 0.396. The van der Waals surface area contributed by atoms with Crippen LogP contribution in [-0.4, -0.2) is 32.1 Å². The van der Waals surface area contributed by atoms with Gasteiger partial charge >= 0.3 is 17.1 Å². The van der Waals surface area contributed by atoms with Crippen LogP contribution >= 0.6 is 10.7 Å². The minimum atomic E-state index is -2.57. The molecule has 1 fully saturated rings. The van der Waals surface area contributed by atoms with Crippen LogP contribution in [0.2, 0.25) is 44.3 Å². The van der Waals surface area contributed by atoms with Crippen molar-refractivity contribution in [2.75, 3.05) is 0 Å². The summed E-state index contributed by atoms with van der Waals surface area (Å²) < 4.78 is 23.4. The van der Waals surface area contributed by atoms with Crippen molar-refractivity contribution >= 4 is 42.7 Å². The Hall–Kier alpha value is 1.10. The Morgan fingerprint density at radius 1 is 0.344 bits per heavy atom. The van der Waals surface area contributed by atoms with E-state index in [1.165, 1.54) is 0 Å². The average Bonchev–Trinajstić information content (AvgIpc) is 2.60. The molecule has 0 aliphatic carbocycles. The van der Waals surface area contributed by atoms with Crippen molar-refractivity contribution in [3.05, 3.63) is 0 Å². The van der Waals surface area contributed by atoms with Crippen molar-refractivity contribution in [2.24, 2.45) is 0 Å². The van der Waals surface area contributed by atoms with Crippen LogP contribution in [0.25, 0.3) is 0 Å². The Morgan fingerprint density at radius 3 is 0.719 bits per heavy atom. The van der Waals surface area contributed by atoms with Crippen LogP contribution in [0.5, 0.6) is 0 Å². The Bertz CT molecular complexity index is 454. The molecule has 8 heteroatoms. The molecular weight excluding hydrogens is 481 g/mol. The summed E-state index contributed by atoms with van der Waals surface area (Å²) in [6, 6.07) is 0. The van der Waals surface area contributed by atoms with Crippen LogP contribution in [0.4, 0.5) is 0 Å². The van der Waals surface area contributed by atoms with Crippen LogP contribution in [0.15, 0.2) is 0 Å². The summed E-state index contributed by atoms with van der Waals surface area (Å²) in [6.07, 6.45) is 0. The summed E-state index contributed by atoms with van der Waals surface area (Å²) in [6.45, 7) is 38.1. The van der Waals surface area contributed by atoms with Crippen molar-refractivity contribution in [3.8, 4) is 0 Å². The molecule has 3 nitrogen and oxygen atoms in total. The van der Waals surface area contributed by atoms with Crippen molar-refractivity contribution < 1.29 is 12.3 Å². The maximum absolute atomic E-state index is 7.83. The van der Waals surface area contributed by atoms with E-state index in [2.05, 4.69) is 121 Å². The molecule has 1 rings (SSSR count). The molecule has 0 unspecified atom stereocenters. The van der Waals surface area contributed by atoms with Gasteiger partial charge in [0.05, 0.1) is 0 Å². The first-order valence-corrected chi connectivity index (χ1v) is 23.5. The largest absolute Gasteiger partial charge is 0.427 e. The Labute approximate surface area is 209 Å². The quantitative estimate of drug-likeness (QED) is 0.288.